The van der Waals surface area contributed by atoms with Crippen LogP contribution in [0.15, 0.2) is 18.3 Å². The third-order valence-corrected chi connectivity index (χ3v) is 5.56. The molecule has 0 bridgehead atoms. The molecule has 27 heavy (non-hydrogen) atoms. The largest absolute Gasteiger partial charge is 0.381 e. The topological polar surface area (TPSA) is 75.6 Å². The summed E-state index contributed by atoms with van der Waals surface area (Å²) in [6, 6.07) is 4.11. The minimum Gasteiger partial charge on any atom is -0.381 e. The Labute approximate surface area is 161 Å². The SMILES string of the molecule is CCNC(=O)C1CC(NC(=O)c2cccn2C(C)C)CN1C1CCOCC1. The molecule has 2 amide bonds. The molecule has 2 fully saturated rings. The number of amides is 2. The van der Waals surface area contributed by atoms with Crippen molar-refractivity contribution in [2.24, 2.45) is 0 Å². The fraction of sp³-hybridized carbons (Fsp3) is 0.700. The number of rotatable bonds is 6. The lowest BCUT2D eigenvalue weighted by Crippen LogP contribution is -2.49. The Balaban J connectivity index is 1.69. The first-order valence-corrected chi connectivity index (χ1v) is 10.1. The number of hydrogen-bond donors (Lipinski definition) is 2. The van der Waals surface area contributed by atoms with Gasteiger partial charge in [0.1, 0.15) is 5.69 Å². The molecule has 0 aliphatic carbocycles. The summed E-state index contributed by atoms with van der Waals surface area (Å²) < 4.78 is 7.45. The lowest BCUT2D eigenvalue weighted by atomic mass is 10.1. The highest BCUT2D eigenvalue weighted by Gasteiger charge is 2.41. The third-order valence-electron chi connectivity index (χ3n) is 5.56. The molecule has 0 aromatic carbocycles. The van der Waals surface area contributed by atoms with Crippen LogP contribution in [0.4, 0.5) is 0 Å². The number of hydrogen-bond acceptors (Lipinski definition) is 4. The second-order valence-corrected chi connectivity index (χ2v) is 7.75. The highest BCUT2D eigenvalue weighted by atomic mass is 16.5. The molecular formula is C20H32N4O3. The minimum atomic E-state index is -0.185. The number of carbonyl (C=O) groups excluding carboxylic acids is 2. The van der Waals surface area contributed by atoms with E-state index in [1.54, 1.807) is 0 Å². The maximum atomic E-state index is 12.8. The Morgan fingerprint density at radius 3 is 2.70 bits per heavy atom. The summed E-state index contributed by atoms with van der Waals surface area (Å²) in [4.78, 5) is 27.7. The molecule has 7 heteroatoms. The number of carbonyl (C=O) groups is 2. The molecule has 3 heterocycles. The smallest absolute Gasteiger partial charge is 0.268 e. The average molecular weight is 377 g/mol. The van der Waals surface area contributed by atoms with Crippen LogP contribution in [0.3, 0.4) is 0 Å². The van der Waals surface area contributed by atoms with E-state index in [1.807, 2.05) is 29.8 Å². The van der Waals surface area contributed by atoms with Gasteiger partial charge in [-0.1, -0.05) is 0 Å². The zero-order chi connectivity index (χ0) is 19.4. The molecule has 150 valence electrons. The van der Waals surface area contributed by atoms with Crippen molar-refractivity contribution in [3.8, 4) is 0 Å². The zero-order valence-electron chi connectivity index (χ0n) is 16.6. The number of aromatic nitrogens is 1. The molecule has 2 N–H and O–H groups in total. The quantitative estimate of drug-likeness (QED) is 0.790. The van der Waals surface area contributed by atoms with E-state index in [1.165, 1.54) is 0 Å². The fourth-order valence-corrected chi connectivity index (χ4v) is 4.23. The Kier molecular flexibility index (Phi) is 6.55. The van der Waals surface area contributed by atoms with E-state index >= 15 is 0 Å². The van der Waals surface area contributed by atoms with E-state index in [0.29, 0.717) is 31.2 Å². The Hall–Kier alpha value is -1.86. The highest BCUT2D eigenvalue weighted by Crippen LogP contribution is 2.26. The summed E-state index contributed by atoms with van der Waals surface area (Å²) in [6.07, 6.45) is 4.46. The molecule has 0 saturated carbocycles. The van der Waals surface area contributed by atoms with Crippen LogP contribution in [0.25, 0.3) is 0 Å². The van der Waals surface area contributed by atoms with Gasteiger partial charge in [-0.25, -0.2) is 0 Å². The van der Waals surface area contributed by atoms with Crippen molar-refractivity contribution in [1.29, 1.82) is 0 Å². The summed E-state index contributed by atoms with van der Waals surface area (Å²) in [5.41, 5.74) is 0.670. The van der Waals surface area contributed by atoms with E-state index in [0.717, 1.165) is 26.1 Å². The lowest BCUT2D eigenvalue weighted by Gasteiger charge is -2.34. The molecule has 0 spiro atoms. The van der Waals surface area contributed by atoms with Gasteiger partial charge in [-0.2, -0.15) is 0 Å². The van der Waals surface area contributed by atoms with E-state index in [9.17, 15) is 9.59 Å². The fourth-order valence-electron chi connectivity index (χ4n) is 4.23. The van der Waals surface area contributed by atoms with Crippen molar-refractivity contribution in [2.75, 3.05) is 26.3 Å². The Bertz CT molecular complexity index is 651. The second kappa shape index (κ2) is 8.89. The molecule has 7 nitrogen and oxygen atoms in total. The van der Waals surface area contributed by atoms with Crippen LogP contribution < -0.4 is 10.6 Å². The maximum absolute atomic E-state index is 12.8. The van der Waals surface area contributed by atoms with Gasteiger partial charge in [0.2, 0.25) is 5.91 Å². The first-order chi connectivity index (χ1) is 13.0. The van der Waals surface area contributed by atoms with Gasteiger partial charge >= 0.3 is 0 Å². The Morgan fingerprint density at radius 1 is 1.30 bits per heavy atom. The van der Waals surface area contributed by atoms with E-state index in [-0.39, 0.29) is 29.9 Å². The van der Waals surface area contributed by atoms with Crippen LogP contribution in [-0.2, 0) is 9.53 Å². The van der Waals surface area contributed by atoms with Gasteiger partial charge < -0.3 is 19.9 Å². The minimum absolute atomic E-state index is 0.0246. The lowest BCUT2D eigenvalue weighted by molar-refractivity contribution is -0.126. The van der Waals surface area contributed by atoms with Gasteiger partial charge in [0, 0.05) is 50.6 Å². The monoisotopic (exact) mass is 376 g/mol. The molecule has 2 saturated heterocycles. The number of ether oxygens (including phenoxy) is 1. The summed E-state index contributed by atoms with van der Waals surface area (Å²) >= 11 is 0. The van der Waals surface area contributed by atoms with Crippen molar-refractivity contribution in [2.45, 2.75) is 64.2 Å². The standard InChI is InChI=1S/C20H32N4O3/c1-4-21-19(25)18-12-15(13-24(18)16-7-10-27-11-8-16)22-20(26)17-6-5-9-23(17)14(2)3/h5-6,9,14-16,18H,4,7-8,10-13H2,1-3H3,(H,21,25)(H,22,26). The van der Waals surface area contributed by atoms with E-state index in [2.05, 4.69) is 29.4 Å². The van der Waals surface area contributed by atoms with Crippen molar-refractivity contribution in [3.63, 3.8) is 0 Å². The van der Waals surface area contributed by atoms with Crippen molar-refractivity contribution >= 4 is 11.8 Å². The van der Waals surface area contributed by atoms with Crippen LogP contribution in [0, 0.1) is 0 Å². The first kappa shape index (κ1) is 19.9. The molecule has 0 radical (unpaired) electrons. The molecular weight excluding hydrogens is 344 g/mol. The van der Waals surface area contributed by atoms with Crippen LogP contribution >= 0.6 is 0 Å². The summed E-state index contributed by atoms with van der Waals surface area (Å²) in [5, 5.41) is 6.11. The van der Waals surface area contributed by atoms with Gasteiger partial charge in [0.25, 0.3) is 5.91 Å². The van der Waals surface area contributed by atoms with Crippen molar-refractivity contribution in [3.05, 3.63) is 24.0 Å². The van der Waals surface area contributed by atoms with Crippen LogP contribution in [0.5, 0.6) is 0 Å². The van der Waals surface area contributed by atoms with Gasteiger partial charge in [0.05, 0.1) is 6.04 Å². The number of likely N-dealkylation sites (N-methyl/N-ethyl adjacent to an activating group) is 1. The van der Waals surface area contributed by atoms with Gasteiger partial charge in [-0.05, 0) is 52.2 Å². The first-order valence-electron chi connectivity index (χ1n) is 10.1. The predicted octanol–water partition coefficient (Wildman–Crippen LogP) is 1.56. The summed E-state index contributed by atoms with van der Waals surface area (Å²) in [5.74, 6) is -0.00604. The maximum Gasteiger partial charge on any atom is 0.268 e. The van der Waals surface area contributed by atoms with Crippen molar-refractivity contribution < 1.29 is 14.3 Å². The summed E-state index contributed by atoms with van der Waals surface area (Å²) in [6.45, 7) is 8.86. The predicted molar refractivity (Wildman–Crippen MR) is 104 cm³/mol. The molecule has 3 rings (SSSR count). The average Bonchev–Trinajstić information content (AvgIpc) is 3.30. The summed E-state index contributed by atoms with van der Waals surface area (Å²) in [7, 11) is 0. The number of nitrogens with one attached hydrogen (secondary N) is 2. The van der Waals surface area contributed by atoms with Gasteiger partial charge in [-0.3, -0.25) is 14.5 Å². The molecule has 2 atom stereocenters. The van der Waals surface area contributed by atoms with Crippen LogP contribution in [0.2, 0.25) is 0 Å². The third kappa shape index (κ3) is 4.52. The Morgan fingerprint density at radius 2 is 2.04 bits per heavy atom. The van der Waals surface area contributed by atoms with Gasteiger partial charge in [0.15, 0.2) is 0 Å². The second-order valence-electron chi connectivity index (χ2n) is 7.75. The molecule has 2 unspecified atom stereocenters. The number of likely N-dealkylation sites (tertiary alicyclic amines) is 1. The molecule has 2 aliphatic heterocycles. The highest BCUT2D eigenvalue weighted by molar-refractivity contribution is 5.93. The molecule has 2 aliphatic rings. The van der Waals surface area contributed by atoms with Crippen LogP contribution in [0.1, 0.15) is 56.6 Å². The molecule has 1 aromatic heterocycles. The number of nitrogens with zero attached hydrogens (tertiary/aromatic N) is 2. The van der Waals surface area contributed by atoms with Gasteiger partial charge in [-0.15, -0.1) is 0 Å². The van der Waals surface area contributed by atoms with E-state index in [4.69, 9.17) is 4.74 Å². The van der Waals surface area contributed by atoms with Crippen molar-refractivity contribution in [1.82, 2.24) is 20.1 Å². The van der Waals surface area contributed by atoms with E-state index < -0.39 is 0 Å². The molecule has 1 aromatic rings. The normalized spacial score (nSPS) is 24.3. The zero-order valence-corrected chi connectivity index (χ0v) is 16.6. The van der Waals surface area contributed by atoms with Crippen LogP contribution in [-0.4, -0.2) is 65.7 Å².